The molecule has 0 radical (unpaired) electrons. The molecule has 39 heavy (non-hydrogen) atoms. The Bertz CT molecular complexity index is 1670. The number of rotatable bonds is 5. The molecule has 10 nitrogen and oxygen atoms in total. The van der Waals surface area contributed by atoms with E-state index in [0.29, 0.717) is 11.5 Å². The average Bonchev–Trinajstić information content (AvgIpc) is 3.67. The topological polar surface area (TPSA) is 127 Å². The van der Waals surface area contributed by atoms with Crippen molar-refractivity contribution in [3.05, 3.63) is 65.7 Å². The predicted molar refractivity (Wildman–Crippen MR) is 147 cm³/mol. The van der Waals surface area contributed by atoms with Crippen molar-refractivity contribution < 1.29 is 9.32 Å². The molecule has 2 N–H and O–H groups in total. The molecule has 10 heteroatoms. The number of nitrogens with one attached hydrogen (secondary N) is 2. The number of fused-ring (bicyclic) bond motifs is 2. The fourth-order valence-corrected chi connectivity index (χ4v) is 5.00. The molecule has 200 valence electrons. The van der Waals surface area contributed by atoms with Crippen LogP contribution in [0, 0.1) is 0 Å². The second-order valence-corrected chi connectivity index (χ2v) is 11.5. The van der Waals surface area contributed by atoms with Crippen LogP contribution in [0.5, 0.6) is 0 Å². The van der Waals surface area contributed by atoms with Gasteiger partial charge in [0.25, 0.3) is 0 Å². The van der Waals surface area contributed by atoms with Gasteiger partial charge in [0.2, 0.25) is 0 Å². The molecule has 4 aromatic heterocycles. The first-order valence-electron chi connectivity index (χ1n) is 13.3. The van der Waals surface area contributed by atoms with E-state index in [1.807, 2.05) is 43.9 Å². The Kier molecular flexibility index (Phi) is 6.05. The van der Waals surface area contributed by atoms with Crippen LogP contribution in [0.1, 0.15) is 87.2 Å². The molecule has 1 aliphatic rings. The van der Waals surface area contributed by atoms with Crippen molar-refractivity contribution in [2.45, 2.75) is 71.4 Å². The number of amides is 1. The van der Waals surface area contributed by atoms with Crippen LogP contribution in [0.3, 0.4) is 0 Å². The molecule has 1 atom stereocenters. The van der Waals surface area contributed by atoms with E-state index < -0.39 is 0 Å². The molecule has 4 heterocycles. The number of aryl methyl sites for hydroxylation is 1. The molecule has 0 bridgehead atoms. The van der Waals surface area contributed by atoms with Gasteiger partial charge in [-0.3, -0.25) is 9.48 Å². The molecule has 1 amide bonds. The van der Waals surface area contributed by atoms with Gasteiger partial charge >= 0.3 is 11.8 Å². The fraction of sp³-hybridized carbons (Fsp3) is 0.379. The average molecular weight is 525 g/mol. The highest BCUT2D eigenvalue weighted by Crippen LogP contribution is 2.35. The molecule has 0 saturated heterocycles. The second-order valence-electron chi connectivity index (χ2n) is 11.5. The van der Waals surface area contributed by atoms with Gasteiger partial charge in [0.15, 0.2) is 11.5 Å². The maximum absolute atomic E-state index is 12.9. The first-order chi connectivity index (χ1) is 18.7. The molecular weight excluding hydrogens is 492 g/mol. The van der Waals surface area contributed by atoms with E-state index in [-0.39, 0.29) is 29.3 Å². The summed E-state index contributed by atoms with van der Waals surface area (Å²) in [6.45, 7) is 10.1. The Morgan fingerprint density at radius 3 is 2.77 bits per heavy atom. The zero-order valence-corrected chi connectivity index (χ0v) is 22.8. The van der Waals surface area contributed by atoms with Gasteiger partial charge in [0.1, 0.15) is 5.82 Å². The van der Waals surface area contributed by atoms with Crippen molar-refractivity contribution in [2.75, 3.05) is 0 Å². The minimum Gasteiger partial charge on any atom is -0.341 e. The van der Waals surface area contributed by atoms with E-state index in [1.165, 1.54) is 5.56 Å². The second kappa shape index (κ2) is 9.44. The summed E-state index contributed by atoms with van der Waals surface area (Å²) in [4.78, 5) is 29.9. The molecule has 0 aliphatic heterocycles. The quantitative estimate of drug-likeness (QED) is 0.308. The monoisotopic (exact) mass is 524 g/mol. The molecule has 0 fully saturated rings. The van der Waals surface area contributed by atoms with Gasteiger partial charge in [-0.15, -0.1) is 0 Å². The summed E-state index contributed by atoms with van der Waals surface area (Å²) in [6, 6.07) is 8.58. The van der Waals surface area contributed by atoms with Crippen LogP contribution in [0.2, 0.25) is 0 Å². The van der Waals surface area contributed by atoms with Crippen molar-refractivity contribution in [3.63, 3.8) is 0 Å². The van der Waals surface area contributed by atoms with Crippen LogP contribution < -0.4 is 5.32 Å². The molecule has 1 unspecified atom stereocenters. The number of hydrogen-bond donors (Lipinski definition) is 2. The summed E-state index contributed by atoms with van der Waals surface area (Å²) in [5.41, 5.74) is 6.62. The summed E-state index contributed by atoms with van der Waals surface area (Å²) in [5, 5.41) is 11.5. The predicted octanol–water partition coefficient (Wildman–Crippen LogP) is 5.56. The van der Waals surface area contributed by atoms with Gasteiger partial charge in [-0.1, -0.05) is 44.1 Å². The highest BCUT2D eigenvalue weighted by molar-refractivity contribution is 5.92. The first-order valence-corrected chi connectivity index (χ1v) is 13.3. The lowest BCUT2D eigenvalue weighted by molar-refractivity contribution is 0.0888. The number of aromatic nitrogens is 7. The maximum atomic E-state index is 12.9. The molecule has 0 saturated carbocycles. The fourth-order valence-electron chi connectivity index (χ4n) is 5.00. The van der Waals surface area contributed by atoms with Crippen LogP contribution in [0.15, 0.2) is 47.4 Å². The standard InChI is InChI=1S/C29H32N8O2/c1-16(2)37-15-19(14-31-37)24-33-23-21(11-12-30-25(23)34-24)18-9-10-20-17(13-18)7-6-8-22(20)32-26(38)27-35-28(36-39-27)29(3,4)5/h9-16,22H,6-8H2,1-5H3,(H,32,38)(H,30,33,34). The Balaban J connectivity index is 1.28. The van der Waals surface area contributed by atoms with Crippen LogP contribution in [0.4, 0.5) is 0 Å². The summed E-state index contributed by atoms with van der Waals surface area (Å²) in [6.07, 6.45) is 8.38. The zero-order valence-electron chi connectivity index (χ0n) is 22.8. The van der Waals surface area contributed by atoms with E-state index >= 15 is 0 Å². The van der Waals surface area contributed by atoms with Crippen LogP contribution >= 0.6 is 0 Å². The van der Waals surface area contributed by atoms with Crippen molar-refractivity contribution in [1.29, 1.82) is 0 Å². The van der Waals surface area contributed by atoms with Gasteiger partial charge in [-0.25, -0.2) is 9.97 Å². The summed E-state index contributed by atoms with van der Waals surface area (Å²) in [5.74, 6) is 0.910. The third-order valence-electron chi connectivity index (χ3n) is 7.16. The Hall–Kier alpha value is -4.34. The Morgan fingerprint density at radius 2 is 2.03 bits per heavy atom. The first kappa shape index (κ1) is 25.0. The number of carbonyl (C=O) groups excluding carboxylic acids is 1. The van der Waals surface area contributed by atoms with Crippen molar-refractivity contribution >= 4 is 17.1 Å². The molecule has 1 aliphatic carbocycles. The van der Waals surface area contributed by atoms with Gasteiger partial charge in [-0.05, 0) is 55.9 Å². The number of aromatic amines is 1. The van der Waals surface area contributed by atoms with Gasteiger partial charge in [0.05, 0.1) is 23.3 Å². The van der Waals surface area contributed by atoms with Gasteiger partial charge in [-0.2, -0.15) is 10.1 Å². The third kappa shape index (κ3) is 4.71. The minimum absolute atomic E-state index is 0.00293. The maximum Gasteiger partial charge on any atom is 0.315 e. The number of pyridine rings is 1. The summed E-state index contributed by atoms with van der Waals surface area (Å²) < 4.78 is 7.17. The zero-order chi connectivity index (χ0) is 27.3. The number of hydrogen-bond acceptors (Lipinski definition) is 7. The molecule has 6 rings (SSSR count). The minimum atomic E-state index is -0.346. The number of benzene rings is 1. The number of carbonyl (C=O) groups is 1. The lowest BCUT2D eigenvalue weighted by atomic mass is 9.85. The van der Waals surface area contributed by atoms with Gasteiger partial charge < -0.3 is 14.8 Å². The molecule has 5 aromatic rings. The SMILES string of the molecule is CC(C)n1cc(-c2nc3nccc(-c4ccc5c(c4)CCCC5NC(=O)c4nc(C(C)(C)C)no4)c3[nH]2)cn1. The van der Waals surface area contributed by atoms with Crippen molar-refractivity contribution in [2.24, 2.45) is 0 Å². The van der Waals surface area contributed by atoms with Crippen LogP contribution in [0.25, 0.3) is 33.7 Å². The van der Waals surface area contributed by atoms with Crippen LogP contribution in [-0.2, 0) is 11.8 Å². The Morgan fingerprint density at radius 1 is 1.18 bits per heavy atom. The van der Waals surface area contributed by atoms with Crippen LogP contribution in [-0.4, -0.2) is 40.8 Å². The van der Waals surface area contributed by atoms with Crippen molar-refractivity contribution in [1.82, 2.24) is 40.2 Å². The Labute approximate surface area is 226 Å². The van der Waals surface area contributed by atoms with Crippen molar-refractivity contribution in [3.8, 4) is 22.5 Å². The summed E-state index contributed by atoms with van der Waals surface area (Å²) in [7, 11) is 0. The lowest BCUT2D eigenvalue weighted by Crippen LogP contribution is -2.31. The largest absolute Gasteiger partial charge is 0.341 e. The highest BCUT2D eigenvalue weighted by Gasteiger charge is 2.28. The molecular formula is C29H32N8O2. The number of H-pyrrole nitrogens is 1. The number of imidazole rings is 1. The molecule has 0 spiro atoms. The highest BCUT2D eigenvalue weighted by atomic mass is 16.5. The van der Waals surface area contributed by atoms with E-state index in [1.54, 1.807) is 6.20 Å². The number of nitrogens with zero attached hydrogens (tertiary/aromatic N) is 6. The van der Waals surface area contributed by atoms with E-state index in [4.69, 9.17) is 9.51 Å². The summed E-state index contributed by atoms with van der Waals surface area (Å²) >= 11 is 0. The van der Waals surface area contributed by atoms with E-state index in [0.717, 1.165) is 52.9 Å². The van der Waals surface area contributed by atoms with E-state index in [2.05, 4.69) is 62.6 Å². The lowest BCUT2D eigenvalue weighted by Gasteiger charge is -2.26. The van der Waals surface area contributed by atoms with E-state index in [9.17, 15) is 4.79 Å². The normalized spacial score (nSPS) is 15.6. The smallest absolute Gasteiger partial charge is 0.315 e. The third-order valence-corrected chi connectivity index (χ3v) is 7.16. The molecule has 1 aromatic carbocycles. The van der Waals surface area contributed by atoms with Gasteiger partial charge in [0, 0.05) is 29.4 Å².